The van der Waals surface area contributed by atoms with E-state index >= 15 is 0 Å². The maximum absolute atomic E-state index is 5.29. The van der Waals surface area contributed by atoms with Crippen LogP contribution in [-0.4, -0.2) is 19.7 Å². The third-order valence-electron chi connectivity index (χ3n) is 4.19. The summed E-state index contributed by atoms with van der Waals surface area (Å²) in [6, 6.07) is 8.26. The van der Waals surface area contributed by atoms with Crippen LogP contribution in [0.15, 0.2) is 28.8 Å². The molecule has 22 heavy (non-hydrogen) atoms. The van der Waals surface area contributed by atoms with E-state index in [1.165, 1.54) is 12.8 Å². The summed E-state index contributed by atoms with van der Waals surface area (Å²) < 4.78 is 7.41. The van der Waals surface area contributed by atoms with Gasteiger partial charge in [-0.05, 0) is 31.9 Å². The van der Waals surface area contributed by atoms with Crippen molar-refractivity contribution in [2.24, 2.45) is 7.05 Å². The van der Waals surface area contributed by atoms with Gasteiger partial charge in [0, 0.05) is 13.0 Å². The van der Waals surface area contributed by atoms with Gasteiger partial charge in [-0.3, -0.25) is 5.32 Å². The molecule has 0 aliphatic heterocycles. The van der Waals surface area contributed by atoms with Gasteiger partial charge in [-0.15, -0.1) is 0 Å². The number of hydrogen-bond donors (Lipinski definition) is 1. The number of nitrogens with one attached hydrogen (secondary N) is 1. The first-order valence-corrected chi connectivity index (χ1v) is 7.69. The fraction of sp³-hybridized carbons (Fsp3) is 0.438. The summed E-state index contributed by atoms with van der Waals surface area (Å²) in [7, 11) is 2.04. The Kier molecular flexibility index (Phi) is 3.18. The molecule has 1 aliphatic rings. The van der Waals surface area contributed by atoms with Crippen molar-refractivity contribution in [3.63, 3.8) is 0 Å². The summed E-state index contributed by atoms with van der Waals surface area (Å²) in [5, 5.41) is 7.44. The van der Waals surface area contributed by atoms with Gasteiger partial charge in [-0.25, -0.2) is 4.98 Å². The second kappa shape index (κ2) is 5.21. The Morgan fingerprint density at radius 2 is 2.14 bits per heavy atom. The first-order valence-electron chi connectivity index (χ1n) is 7.69. The molecular weight excluding hydrogens is 278 g/mol. The van der Waals surface area contributed by atoms with Crippen LogP contribution in [0, 0.1) is 0 Å². The molecule has 1 saturated carbocycles. The summed E-state index contributed by atoms with van der Waals surface area (Å²) in [6.07, 6.45) is 2.37. The highest BCUT2D eigenvalue weighted by Gasteiger charge is 2.28. The number of aryl methyl sites for hydroxylation is 1. The van der Waals surface area contributed by atoms with E-state index in [0.29, 0.717) is 18.4 Å². The standard InChI is InChI=1S/C16H19N5O/c1-10(16-18-12-5-3-4-6-13(12)21(16)2)17-9-14-19-15(20-22-14)11-7-8-11/h3-6,10-11,17H,7-9H2,1-2H3/t10-/m0/s1. The second-order valence-electron chi connectivity index (χ2n) is 5.94. The maximum Gasteiger partial charge on any atom is 0.240 e. The number of fused-ring (bicyclic) bond motifs is 1. The number of para-hydroxylation sites is 2. The van der Waals surface area contributed by atoms with Crippen molar-refractivity contribution < 1.29 is 4.52 Å². The topological polar surface area (TPSA) is 68.8 Å². The summed E-state index contributed by atoms with van der Waals surface area (Å²) in [6.45, 7) is 2.66. The Hall–Kier alpha value is -2.21. The van der Waals surface area contributed by atoms with Crippen LogP contribution in [0.3, 0.4) is 0 Å². The summed E-state index contributed by atoms with van der Waals surface area (Å²) in [4.78, 5) is 9.14. The van der Waals surface area contributed by atoms with Crippen LogP contribution in [0.5, 0.6) is 0 Å². The molecule has 2 aromatic heterocycles. The Morgan fingerprint density at radius 3 is 2.91 bits per heavy atom. The van der Waals surface area contributed by atoms with Crippen LogP contribution in [0.1, 0.15) is 49.3 Å². The molecule has 1 N–H and O–H groups in total. The Morgan fingerprint density at radius 1 is 1.32 bits per heavy atom. The van der Waals surface area contributed by atoms with E-state index in [9.17, 15) is 0 Å². The summed E-state index contributed by atoms with van der Waals surface area (Å²) in [5.74, 6) is 3.03. The monoisotopic (exact) mass is 297 g/mol. The van der Waals surface area contributed by atoms with Gasteiger partial charge in [0.05, 0.1) is 23.6 Å². The van der Waals surface area contributed by atoms with E-state index in [4.69, 9.17) is 9.51 Å². The Bertz CT molecular complexity index is 802. The normalized spacial score (nSPS) is 16.3. The van der Waals surface area contributed by atoms with Gasteiger partial charge in [0.2, 0.25) is 5.89 Å². The van der Waals surface area contributed by atoms with Crippen molar-refractivity contribution in [3.8, 4) is 0 Å². The van der Waals surface area contributed by atoms with Gasteiger partial charge in [-0.1, -0.05) is 17.3 Å². The highest BCUT2D eigenvalue weighted by atomic mass is 16.5. The number of rotatable bonds is 5. The molecule has 1 fully saturated rings. The minimum absolute atomic E-state index is 0.105. The largest absolute Gasteiger partial charge is 0.338 e. The lowest BCUT2D eigenvalue weighted by atomic mass is 10.3. The second-order valence-corrected chi connectivity index (χ2v) is 5.94. The number of aromatic nitrogens is 4. The molecule has 3 aromatic rings. The van der Waals surface area contributed by atoms with Gasteiger partial charge in [0.25, 0.3) is 0 Å². The molecule has 4 rings (SSSR count). The molecule has 1 aliphatic carbocycles. The number of benzene rings is 1. The zero-order valence-electron chi connectivity index (χ0n) is 12.8. The predicted molar refractivity (Wildman–Crippen MR) is 82.2 cm³/mol. The molecule has 6 nitrogen and oxygen atoms in total. The summed E-state index contributed by atoms with van der Waals surface area (Å²) in [5.41, 5.74) is 2.16. The van der Waals surface area contributed by atoms with Crippen molar-refractivity contribution >= 4 is 11.0 Å². The molecule has 0 radical (unpaired) electrons. The van der Waals surface area contributed by atoms with Crippen LogP contribution in [0.25, 0.3) is 11.0 Å². The van der Waals surface area contributed by atoms with Crippen LogP contribution in [0.4, 0.5) is 0 Å². The fourth-order valence-corrected chi connectivity index (χ4v) is 2.73. The summed E-state index contributed by atoms with van der Waals surface area (Å²) >= 11 is 0. The van der Waals surface area contributed by atoms with Crippen molar-refractivity contribution in [1.29, 1.82) is 0 Å². The fourth-order valence-electron chi connectivity index (χ4n) is 2.73. The van der Waals surface area contributed by atoms with E-state index < -0.39 is 0 Å². The molecule has 6 heteroatoms. The molecule has 2 heterocycles. The molecule has 0 unspecified atom stereocenters. The molecule has 0 bridgehead atoms. The third-order valence-corrected chi connectivity index (χ3v) is 4.19. The molecule has 1 aromatic carbocycles. The number of imidazole rings is 1. The predicted octanol–water partition coefficient (Wildman–Crippen LogP) is 2.68. The molecule has 0 amide bonds. The lowest BCUT2D eigenvalue weighted by Gasteiger charge is -2.12. The average Bonchev–Trinajstić information content (AvgIpc) is 3.19. The van der Waals surface area contributed by atoms with Crippen LogP contribution < -0.4 is 5.32 Å². The van der Waals surface area contributed by atoms with Crippen molar-refractivity contribution in [2.75, 3.05) is 0 Å². The van der Waals surface area contributed by atoms with Gasteiger partial charge in [-0.2, -0.15) is 4.98 Å². The van der Waals surface area contributed by atoms with E-state index in [1.54, 1.807) is 0 Å². The lowest BCUT2D eigenvalue weighted by molar-refractivity contribution is 0.354. The number of nitrogens with zero attached hydrogens (tertiary/aromatic N) is 4. The third kappa shape index (κ3) is 2.39. The van der Waals surface area contributed by atoms with Crippen molar-refractivity contribution in [1.82, 2.24) is 25.0 Å². The molecule has 1 atom stereocenters. The van der Waals surface area contributed by atoms with Gasteiger partial charge in [0.1, 0.15) is 5.82 Å². The lowest BCUT2D eigenvalue weighted by Crippen LogP contribution is -2.21. The van der Waals surface area contributed by atoms with Gasteiger partial charge < -0.3 is 9.09 Å². The van der Waals surface area contributed by atoms with E-state index in [1.807, 2.05) is 25.2 Å². The van der Waals surface area contributed by atoms with E-state index in [0.717, 1.165) is 22.7 Å². The quantitative estimate of drug-likeness (QED) is 0.784. The first kappa shape index (κ1) is 13.5. The SMILES string of the molecule is C[C@H](NCc1nc(C2CC2)no1)c1nc2ccccc2n1C. The first-order chi connectivity index (χ1) is 10.7. The van der Waals surface area contributed by atoms with Crippen LogP contribution in [0.2, 0.25) is 0 Å². The zero-order valence-corrected chi connectivity index (χ0v) is 12.8. The van der Waals surface area contributed by atoms with Crippen molar-refractivity contribution in [3.05, 3.63) is 41.8 Å². The number of hydrogen-bond acceptors (Lipinski definition) is 5. The zero-order chi connectivity index (χ0) is 15.1. The van der Waals surface area contributed by atoms with E-state index in [2.05, 4.69) is 33.0 Å². The van der Waals surface area contributed by atoms with Crippen LogP contribution in [-0.2, 0) is 13.6 Å². The minimum atomic E-state index is 0.105. The Balaban J connectivity index is 1.48. The molecule has 0 saturated heterocycles. The Labute approximate surface area is 128 Å². The van der Waals surface area contributed by atoms with E-state index in [-0.39, 0.29) is 6.04 Å². The maximum atomic E-state index is 5.29. The van der Waals surface area contributed by atoms with Crippen molar-refractivity contribution in [2.45, 2.75) is 38.3 Å². The molecular formula is C16H19N5O. The highest BCUT2D eigenvalue weighted by Crippen LogP contribution is 2.38. The smallest absolute Gasteiger partial charge is 0.240 e. The average molecular weight is 297 g/mol. The highest BCUT2D eigenvalue weighted by molar-refractivity contribution is 5.75. The molecule has 114 valence electrons. The van der Waals surface area contributed by atoms with Gasteiger partial charge >= 0.3 is 0 Å². The van der Waals surface area contributed by atoms with Crippen LogP contribution >= 0.6 is 0 Å². The molecule has 0 spiro atoms. The van der Waals surface area contributed by atoms with Gasteiger partial charge in [0.15, 0.2) is 5.82 Å². The minimum Gasteiger partial charge on any atom is -0.338 e.